The molecule has 0 bridgehead atoms. The summed E-state index contributed by atoms with van der Waals surface area (Å²) < 4.78 is 26.8. The second-order valence-corrected chi connectivity index (χ2v) is 6.79. The van der Waals surface area contributed by atoms with E-state index in [2.05, 4.69) is 25.6 Å². The van der Waals surface area contributed by atoms with Crippen molar-refractivity contribution in [3.63, 3.8) is 0 Å². The Labute approximate surface area is 127 Å². The van der Waals surface area contributed by atoms with Crippen LogP contribution in [0.25, 0.3) is 0 Å². The molecule has 2 aromatic rings. The van der Waals surface area contributed by atoms with E-state index in [1.54, 1.807) is 30.5 Å². The highest BCUT2D eigenvalue weighted by molar-refractivity contribution is 9.09. The monoisotopic (exact) mass is 354 g/mol. The van der Waals surface area contributed by atoms with Gasteiger partial charge in [-0.05, 0) is 36.2 Å². The summed E-state index contributed by atoms with van der Waals surface area (Å²) in [6.07, 6.45) is 2.51. The first kappa shape index (κ1) is 15.2. The van der Waals surface area contributed by atoms with Crippen molar-refractivity contribution in [1.82, 2.24) is 9.71 Å². The average Bonchev–Trinajstić information content (AvgIpc) is 2.47. The molecule has 2 rings (SSSR count). The van der Waals surface area contributed by atoms with Crippen LogP contribution in [-0.4, -0.2) is 18.7 Å². The topological polar surface area (TPSA) is 59.1 Å². The molecule has 0 amide bonds. The van der Waals surface area contributed by atoms with E-state index >= 15 is 0 Å². The number of aromatic nitrogens is 1. The summed E-state index contributed by atoms with van der Waals surface area (Å²) in [5.41, 5.74) is 1.79. The molecule has 0 atom stereocenters. The lowest BCUT2D eigenvalue weighted by Crippen LogP contribution is -2.23. The molecule has 1 heterocycles. The van der Waals surface area contributed by atoms with Crippen molar-refractivity contribution in [3.8, 4) is 0 Å². The Bertz CT molecular complexity index is 643. The first-order valence-electron chi connectivity index (χ1n) is 6.16. The number of pyridine rings is 1. The van der Waals surface area contributed by atoms with Gasteiger partial charge in [-0.2, -0.15) is 0 Å². The smallest absolute Gasteiger partial charge is 0.240 e. The molecule has 0 fully saturated rings. The quantitative estimate of drug-likeness (QED) is 0.810. The third-order valence-electron chi connectivity index (χ3n) is 2.79. The van der Waals surface area contributed by atoms with Gasteiger partial charge in [0.2, 0.25) is 10.0 Å². The summed E-state index contributed by atoms with van der Waals surface area (Å²) in [5, 5.41) is 0.858. The van der Waals surface area contributed by atoms with Gasteiger partial charge < -0.3 is 0 Å². The van der Waals surface area contributed by atoms with Crippen LogP contribution >= 0.6 is 15.9 Å². The van der Waals surface area contributed by atoms with E-state index in [1.165, 1.54) is 0 Å². The summed E-state index contributed by atoms with van der Waals surface area (Å²) in [6, 6.07) is 12.3. The maximum absolute atomic E-state index is 12.1. The molecular weight excluding hydrogens is 340 g/mol. The fourth-order valence-corrected chi connectivity index (χ4v) is 3.16. The number of sulfonamides is 1. The Morgan fingerprint density at radius 1 is 1.10 bits per heavy atom. The van der Waals surface area contributed by atoms with E-state index in [0.717, 1.165) is 17.3 Å². The van der Waals surface area contributed by atoms with Gasteiger partial charge in [0.15, 0.2) is 0 Å². The van der Waals surface area contributed by atoms with Crippen LogP contribution in [0.15, 0.2) is 53.6 Å². The number of nitrogens with zero attached hydrogens (tertiary/aromatic N) is 1. The molecule has 0 aliphatic heterocycles. The largest absolute Gasteiger partial charge is 0.260 e. The Morgan fingerprint density at radius 3 is 2.45 bits per heavy atom. The highest BCUT2D eigenvalue weighted by Gasteiger charge is 2.13. The lowest BCUT2D eigenvalue weighted by atomic mass is 10.2. The molecule has 0 saturated heterocycles. The first-order chi connectivity index (χ1) is 9.62. The Hall–Kier alpha value is -1.24. The third kappa shape index (κ3) is 4.13. The summed E-state index contributed by atoms with van der Waals surface area (Å²) in [7, 11) is -3.49. The fraction of sp³-hybridized carbons (Fsp3) is 0.214. The first-order valence-corrected chi connectivity index (χ1v) is 8.77. The highest BCUT2D eigenvalue weighted by Crippen LogP contribution is 2.12. The number of hydrogen-bond acceptors (Lipinski definition) is 3. The van der Waals surface area contributed by atoms with Crippen molar-refractivity contribution in [2.75, 3.05) is 5.33 Å². The minimum atomic E-state index is -3.49. The van der Waals surface area contributed by atoms with Crippen molar-refractivity contribution in [2.45, 2.75) is 17.9 Å². The summed E-state index contributed by atoms with van der Waals surface area (Å²) >= 11 is 3.36. The van der Waals surface area contributed by atoms with Gasteiger partial charge >= 0.3 is 0 Å². The van der Waals surface area contributed by atoms with E-state index in [0.29, 0.717) is 5.69 Å². The number of benzene rings is 1. The number of alkyl halides is 1. The summed E-state index contributed by atoms with van der Waals surface area (Å²) in [4.78, 5) is 4.35. The molecule has 0 aliphatic rings. The fourth-order valence-electron chi connectivity index (χ4n) is 1.70. The normalized spacial score (nSPS) is 11.4. The molecular formula is C14H15BrN2O2S. The molecule has 106 valence electrons. The molecule has 4 nitrogen and oxygen atoms in total. The van der Waals surface area contributed by atoms with E-state index in [-0.39, 0.29) is 11.4 Å². The van der Waals surface area contributed by atoms with Gasteiger partial charge in [0.25, 0.3) is 0 Å². The maximum Gasteiger partial charge on any atom is 0.240 e. The zero-order valence-corrected chi connectivity index (χ0v) is 13.2. The van der Waals surface area contributed by atoms with Gasteiger partial charge in [0.1, 0.15) is 0 Å². The van der Waals surface area contributed by atoms with Gasteiger partial charge in [-0.3, -0.25) is 4.98 Å². The molecule has 1 aromatic heterocycles. The van der Waals surface area contributed by atoms with Crippen molar-refractivity contribution in [1.29, 1.82) is 0 Å². The lowest BCUT2D eigenvalue weighted by Gasteiger charge is -2.07. The zero-order valence-electron chi connectivity index (χ0n) is 10.8. The molecule has 0 saturated carbocycles. The van der Waals surface area contributed by atoms with Crippen LogP contribution in [0.1, 0.15) is 11.3 Å². The van der Waals surface area contributed by atoms with Gasteiger partial charge in [-0.25, -0.2) is 13.1 Å². The maximum atomic E-state index is 12.1. The minimum Gasteiger partial charge on any atom is -0.260 e. The van der Waals surface area contributed by atoms with Crippen molar-refractivity contribution in [2.24, 2.45) is 0 Å². The zero-order chi connectivity index (χ0) is 14.4. The molecule has 0 radical (unpaired) electrons. The van der Waals surface area contributed by atoms with E-state index in [9.17, 15) is 8.42 Å². The predicted molar refractivity (Wildman–Crippen MR) is 82.2 cm³/mol. The molecule has 0 spiro atoms. The van der Waals surface area contributed by atoms with Crippen LogP contribution in [0.2, 0.25) is 0 Å². The summed E-state index contributed by atoms with van der Waals surface area (Å²) in [6.45, 7) is 0.187. The van der Waals surface area contributed by atoms with Crippen LogP contribution in [0, 0.1) is 0 Å². The lowest BCUT2D eigenvalue weighted by molar-refractivity contribution is 0.580. The Morgan fingerprint density at radius 2 is 1.85 bits per heavy atom. The predicted octanol–water partition coefficient (Wildman–Crippen LogP) is 2.50. The number of hydrogen-bond donors (Lipinski definition) is 1. The third-order valence-corrected chi connectivity index (χ3v) is 4.60. The standard InChI is InChI=1S/C14H15BrN2O2S/c15-9-8-12-4-6-14(7-5-12)20(18,19)17-11-13-3-1-2-10-16-13/h1-7,10,17H,8-9,11H2. The minimum absolute atomic E-state index is 0.187. The number of aryl methyl sites for hydroxylation is 1. The number of rotatable bonds is 6. The average molecular weight is 355 g/mol. The molecule has 0 unspecified atom stereocenters. The van der Waals surface area contributed by atoms with E-state index < -0.39 is 10.0 Å². The van der Waals surface area contributed by atoms with Gasteiger partial charge in [0, 0.05) is 11.5 Å². The van der Waals surface area contributed by atoms with Crippen LogP contribution in [0.4, 0.5) is 0 Å². The van der Waals surface area contributed by atoms with E-state index in [4.69, 9.17) is 0 Å². The summed E-state index contributed by atoms with van der Waals surface area (Å²) in [5.74, 6) is 0. The molecule has 0 aliphatic carbocycles. The van der Waals surface area contributed by atoms with Crippen molar-refractivity contribution < 1.29 is 8.42 Å². The highest BCUT2D eigenvalue weighted by atomic mass is 79.9. The number of halogens is 1. The SMILES string of the molecule is O=S(=O)(NCc1ccccn1)c1ccc(CCBr)cc1. The Balaban J connectivity index is 2.06. The number of nitrogens with one attached hydrogen (secondary N) is 1. The molecule has 1 N–H and O–H groups in total. The van der Waals surface area contributed by atoms with Crippen molar-refractivity contribution in [3.05, 3.63) is 59.9 Å². The second-order valence-electron chi connectivity index (χ2n) is 4.23. The van der Waals surface area contributed by atoms with E-state index in [1.807, 2.05) is 18.2 Å². The van der Waals surface area contributed by atoms with Crippen molar-refractivity contribution >= 4 is 26.0 Å². The van der Waals surface area contributed by atoms with Gasteiger partial charge in [-0.1, -0.05) is 34.1 Å². The molecule has 6 heteroatoms. The van der Waals surface area contributed by atoms with Crippen LogP contribution in [0.3, 0.4) is 0 Å². The van der Waals surface area contributed by atoms with Crippen LogP contribution in [0.5, 0.6) is 0 Å². The van der Waals surface area contributed by atoms with Gasteiger partial charge in [0.05, 0.1) is 17.1 Å². The second kappa shape index (κ2) is 6.97. The van der Waals surface area contributed by atoms with Crippen LogP contribution < -0.4 is 4.72 Å². The van der Waals surface area contributed by atoms with Gasteiger partial charge in [-0.15, -0.1) is 0 Å². The Kier molecular flexibility index (Phi) is 5.28. The van der Waals surface area contributed by atoms with Crippen LogP contribution in [-0.2, 0) is 23.0 Å². The molecule has 1 aromatic carbocycles. The molecule has 20 heavy (non-hydrogen) atoms.